The number of thiophene rings is 1. The van der Waals surface area contributed by atoms with Gasteiger partial charge in [0, 0.05) is 11.6 Å². The van der Waals surface area contributed by atoms with E-state index >= 15 is 0 Å². The maximum absolute atomic E-state index is 10.8. The fraction of sp³-hybridized carbons (Fsp3) is 0.125. The van der Waals surface area contributed by atoms with Gasteiger partial charge in [0.1, 0.15) is 4.83 Å². The van der Waals surface area contributed by atoms with Gasteiger partial charge in [0.25, 0.3) is 0 Å². The van der Waals surface area contributed by atoms with Crippen LogP contribution in [0.3, 0.4) is 0 Å². The van der Waals surface area contributed by atoms with E-state index < -0.39 is 17.2 Å². The van der Waals surface area contributed by atoms with Gasteiger partial charge in [0.05, 0.1) is 17.7 Å². The highest BCUT2D eigenvalue weighted by Crippen LogP contribution is 2.27. The minimum atomic E-state index is -2.39. The molecule has 0 aliphatic rings. The van der Waals surface area contributed by atoms with E-state index in [2.05, 4.69) is 0 Å². The van der Waals surface area contributed by atoms with Crippen LogP contribution < -0.4 is 0 Å². The third kappa shape index (κ3) is 1.81. The maximum atomic E-state index is 10.8. The van der Waals surface area contributed by atoms with E-state index in [0.29, 0.717) is 15.8 Å². The zero-order chi connectivity index (χ0) is 11.0. The normalized spacial score (nSPS) is 13.1. The highest BCUT2D eigenvalue weighted by atomic mass is 32.2. The predicted molar refractivity (Wildman–Crippen MR) is 55.5 cm³/mol. The van der Waals surface area contributed by atoms with Gasteiger partial charge in [-0.1, -0.05) is 0 Å². The van der Waals surface area contributed by atoms with Gasteiger partial charge in [0.2, 0.25) is 0 Å². The van der Waals surface area contributed by atoms with Gasteiger partial charge in [-0.15, -0.1) is 11.3 Å². The smallest absolute Gasteiger partial charge is 0.307 e. The molecule has 1 atom stereocenters. The number of aromatic nitrogens is 1. The van der Waals surface area contributed by atoms with Crippen LogP contribution in [0.25, 0.3) is 10.2 Å². The van der Waals surface area contributed by atoms with Crippen LogP contribution in [-0.4, -0.2) is 23.8 Å². The average molecular weight is 244 g/mol. The van der Waals surface area contributed by atoms with Crippen LogP contribution in [0.5, 0.6) is 0 Å². The summed E-state index contributed by atoms with van der Waals surface area (Å²) < 4.78 is 22.7. The number of carboxylic acids is 1. The summed E-state index contributed by atoms with van der Waals surface area (Å²) in [7, 11) is 0. The van der Waals surface area contributed by atoms with Crippen LogP contribution in [-0.2, 0) is 22.5 Å². The van der Waals surface area contributed by atoms with Gasteiger partial charge in [0.15, 0.2) is 0 Å². The Morgan fingerprint density at radius 3 is 3.00 bits per heavy atom. The lowest BCUT2D eigenvalue weighted by molar-refractivity contribution is -0.136. The Bertz CT molecular complexity index is 542. The zero-order valence-corrected chi connectivity index (χ0v) is 9.01. The summed E-state index contributed by atoms with van der Waals surface area (Å²) in [6, 6.07) is 1.72. The SMILES string of the molecule is O=C(O)Cc1cn(S(=O)[O-])c2sccc12. The second kappa shape index (κ2) is 3.76. The molecule has 0 aliphatic carbocycles. The van der Waals surface area contributed by atoms with Crippen LogP contribution >= 0.6 is 11.3 Å². The highest BCUT2D eigenvalue weighted by Gasteiger charge is 2.12. The molecule has 1 N–H and O–H groups in total. The van der Waals surface area contributed by atoms with Gasteiger partial charge >= 0.3 is 5.97 Å². The molecule has 0 aromatic carbocycles. The zero-order valence-electron chi connectivity index (χ0n) is 7.37. The van der Waals surface area contributed by atoms with E-state index in [-0.39, 0.29) is 6.42 Å². The molecule has 2 aromatic heterocycles. The number of nitrogens with zero attached hydrogens (tertiary/aromatic N) is 1. The lowest BCUT2D eigenvalue weighted by Crippen LogP contribution is -2.01. The molecule has 5 nitrogen and oxygen atoms in total. The lowest BCUT2D eigenvalue weighted by atomic mass is 10.2. The molecule has 80 valence electrons. The molecule has 0 saturated heterocycles. The van der Waals surface area contributed by atoms with Gasteiger partial charge in [-0.25, -0.2) is 0 Å². The molecule has 0 spiro atoms. The van der Waals surface area contributed by atoms with Crippen molar-refractivity contribution in [3.63, 3.8) is 0 Å². The third-order valence-corrected chi connectivity index (χ3v) is 3.60. The van der Waals surface area contributed by atoms with Gasteiger partial charge in [-0.05, 0) is 17.0 Å². The summed E-state index contributed by atoms with van der Waals surface area (Å²) in [4.78, 5) is 11.1. The Morgan fingerprint density at radius 1 is 1.67 bits per heavy atom. The number of hydrogen-bond acceptors (Lipinski definition) is 4. The Morgan fingerprint density at radius 2 is 2.40 bits per heavy atom. The van der Waals surface area contributed by atoms with Crippen molar-refractivity contribution in [2.45, 2.75) is 6.42 Å². The molecule has 15 heavy (non-hydrogen) atoms. The molecule has 1 unspecified atom stereocenters. The molecule has 0 saturated carbocycles. The number of carbonyl (C=O) groups is 1. The molecule has 2 heterocycles. The van der Waals surface area contributed by atoms with Crippen molar-refractivity contribution in [3.8, 4) is 0 Å². The summed E-state index contributed by atoms with van der Waals surface area (Å²) in [6.45, 7) is 0. The van der Waals surface area contributed by atoms with Crippen LogP contribution in [0.15, 0.2) is 17.6 Å². The second-order valence-corrected chi connectivity index (χ2v) is 4.63. The first-order valence-electron chi connectivity index (χ1n) is 3.98. The predicted octanol–water partition coefficient (Wildman–Crippen LogP) is 0.972. The van der Waals surface area contributed by atoms with Crippen molar-refractivity contribution in [2.75, 3.05) is 0 Å². The first-order chi connectivity index (χ1) is 7.09. The summed E-state index contributed by atoms with van der Waals surface area (Å²) in [5.41, 5.74) is 0.517. The third-order valence-electron chi connectivity index (χ3n) is 1.97. The van der Waals surface area contributed by atoms with E-state index in [1.165, 1.54) is 17.5 Å². The van der Waals surface area contributed by atoms with Crippen molar-refractivity contribution in [1.29, 1.82) is 0 Å². The summed E-state index contributed by atoms with van der Waals surface area (Å²) in [5.74, 6) is -0.975. The molecule has 0 fully saturated rings. The van der Waals surface area contributed by atoms with Crippen molar-refractivity contribution in [3.05, 3.63) is 23.2 Å². The minimum Gasteiger partial charge on any atom is -0.755 e. The van der Waals surface area contributed by atoms with Crippen LogP contribution in [0.4, 0.5) is 0 Å². The Balaban J connectivity index is 2.60. The number of fused-ring (bicyclic) bond motifs is 1. The second-order valence-electron chi connectivity index (χ2n) is 2.91. The van der Waals surface area contributed by atoms with E-state index in [4.69, 9.17) is 5.11 Å². The monoisotopic (exact) mass is 244 g/mol. The summed E-state index contributed by atoms with van der Waals surface area (Å²) in [6.07, 6.45) is 1.18. The fourth-order valence-corrected chi connectivity index (χ4v) is 2.98. The van der Waals surface area contributed by atoms with Crippen molar-refractivity contribution < 1.29 is 18.7 Å². The van der Waals surface area contributed by atoms with Crippen LogP contribution in [0, 0.1) is 0 Å². The molecule has 0 bridgehead atoms. The van der Waals surface area contributed by atoms with Crippen molar-refractivity contribution >= 4 is 38.8 Å². The highest BCUT2D eigenvalue weighted by molar-refractivity contribution is 7.77. The quantitative estimate of drug-likeness (QED) is 0.815. The topological polar surface area (TPSA) is 82.4 Å². The van der Waals surface area contributed by atoms with Crippen molar-refractivity contribution in [2.24, 2.45) is 0 Å². The van der Waals surface area contributed by atoms with Crippen LogP contribution in [0.1, 0.15) is 5.56 Å². The Hall–Kier alpha value is -1.18. The summed E-state index contributed by atoms with van der Waals surface area (Å²) >= 11 is -1.12. The van der Waals surface area contributed by atoms with Gasteiger partial charge < -0.3 is 9.66 Å². The number of carboxylic acid groups (broad SMARTS) is 1. The first kappa shape index (κ1) is 10.3. The Kier molecular flexibility index (Phi) is 2.59. The first-order valence-corrected chi connectivity index (χ1v) is 5.89. The number of rotatable bonds is 3. The molecule has 0 aliphatic heterocycles. The van der Waals surface area contributed by atoms with E-state index in [9.17, 15) is 13.6 Å². The molecular weight excluding hydrogens is 238 g/mol. The Labute approximate surface area is 91.4 Å². The standard InChI is InChI=1S/C8H7NO4S2/c10-7(11)3-5-4-9(15(12)13)8-6(5)1-2-14-8/h1-2,4H,3H2,(H,10,11)(H,12,13)/p-1. The van der Waals surface area contributed by atoms with E-state index in [1.54, 1.807) is 11.4 Å². The van der Waals surface area contributed by atoms with Gasteiger partial charge in [-0.3, -0.25) is 13.0 Å². The van der Waals surface area contributed by atoms with Crippen molar-refractivity contribution in [1.82, 2.24) is 3.97 Å². The number of hydrogen-bond donors (Lipinski definition) is 1. The fourth-order valence-electron chi connectivity index (χ4n) is 1.40. The van der Waals surface area contributed by atoms with Gasteiger partial charge in [-0.2, -0.15) is 0 Å². The minimum absolute atomic E-state index is 0.169. The molecule has 7 heteroatoms. The van der Waals surface area contributed by atoms with E-state index in [1.807, 2.05) is 0 Å². The molecule has 2 aromatic rings. The number of aliphatic carboxylic acids is 1. The lowest BCUT2D eigenvalue weighted by Gasteiger charge is -2.05. The van der Waals surface area contributed by atoms with E-state index in [0.717, 1.165) is 3.97 Å². The summed E-state index contributed by atoms with van der Waals surface area (Å²) in [5, 5.41) is 11.1. The van der Waals surface area contributed by atoms with Crippen LogP contribution in [0.2, 0.25) is 0 Å². The molecule has 0 amide bonds. The average Bonchev–Trinajstić information content (AvgIpc) is 2.66. The molecular formula is C8H6NO4S2-. The maximum Gasteiger partial charge on any atom is 0.307 e. The largest absolute Gasteiger partial charge is 0.755 e. The molecule has 2 rings (SSSR count). The molecule has 0 radical (unpaired) electrons.